The van der Waals surface area contributed by atoms with Gasteiger partial charge in [0.1, 0.15) is 5.69 Å². The number of benzene rings is 1. The minimum Gasteiger partial charge on any atom is -0.366 e. The van der Waals surface area contributed by atoms with Crippen LogP contribution in [0.2, 0.25) is 0 Å². The van der Waals surface area contributed by atoms with E-state index in [-0.39, 0.29) is 11.3 Å². The van der Waals surface area contributed by atoms with Crippen molar-refractivity contribution in [2.45, 2.75) is 32.1 Å². The molecule has 0 unspecified atom stereocenters. The summed E-state index contributed by atoms with van der Waals surface area (Å²) in [4.78, 5) is 24.3. The molecule has 0 aromatic heterocycles. The minimum absolute atomic E-state index is 0.0226. The standard InChI is InChI=1S/C16H21N3O3/c17-16(20)12-5-6-14(15(9-12)19(21)22)18-8-7-11-3-1-2-4-13(11)10-18/h5-6,9,11,13H,1-4,7-8,10H2,(H2,17,20)/t11-,13+/m0/s1. The second-order valence-electron chi connectivity index (χ2n) is 6.36. The van der Waals surface area contributed by atoms with Crippen LogP contribution in [-0.4, -0.2) is 23.9 Å². The summed E-state index contributed by atoms with van der Waals surface area (Å²) < 4.78 is 0. The number of nitro groups is 1. The molecule has 1 aromatic carbocycles. The Kier molecular flexibility index (Phi) is 4.00. The first-order valence-corrected chi connectivity index (χ1v) is 7.89. The Morgan fingerprint density at radius 1 is 1.23 bits per heavy atom. The molecule has 3 rings (SSSR count). The first kappa shape index (κ1) is 14.8. The van der Waals surface area contributed by atoms with Crippen LogP contribution >= 0.6 is 0 Å². The average molecular weight is 303 g/mol. The molecule has 0 spiro atoms. The van der Waals surface area contributed by atoms with E-state index in [0.717, 1.165) is 25.4 Å². The lowest BCUT2D eigenvalue weighted by molar-refractivity contribution is -0.384. The number of hydrogen-bond acceptors (Lipinski definition) is 4. The molecule has 0 bridgehead atoms. The number of nitrogens with zero attached hydrogens (tertiary/aromatic N) is 2. The molecule has 1 aliphatic heterocycles. The van der Waals surface area contributed by atoms with Crippen molar-refractivity contribution < 1.29 is 9.72 Å². The number of rotatable bonds is 3. The summed E-state index contributed by atoms with van der Waals surface area (Å²) in [6, 6.07) is 4.55. The van der Waals surface area contributed by atoms with Crippen molar-refractivity contribution >= 4 is 17.3 Å². The van der Waals surface area contributed by atoms with Gasteiger partial charge in [0.2, 0.25) is 5.91 Å². The summed E-state index contributed by atoms with van der Waals surface area (Å²) in [5, 5.41) is 11.3. The molecule has 1 saturated heterocycles. The van der Waals surface area contributed by atoms with E-state index in [1.807, 2.05) is 0 Å². The predicted molar refractivity (Wildman–Crippen MR) is 83.9 cm³/mol. The quantitative estimate of drug-likeness (QED) is 0.686. The van der Waals surface area contributed by atoms with Crippen molar-refractivity contribution in [2.24, 2.45) is 17.6 Å². The zero-order valence-corrected chi connectivity index (χ0v) is 12.5. The van der Waals surface area contributed by atoms with Gasteiger partial charge >= 0.3 is 0 Å². The Hall–Kier alpha value is -2.11. The van der Waals surface area contributed by atoms with Crippen LogP contribution in [0.3, 0.4) is 0 Å². The summed E-state index contributed by atoms with van der Waals surface area (Å²) >= 11 is 0. The monoisotopic (exact) mass is 303 g/mol. The van der Waals surface area contributed by atoms with Crippen LogP contribution in [0.25, 0.3) is 0 Å². The molecule has 1 saturated carbocycles. The maximum absolute atomic E-state index is 11.3. The van der Waals surface area contributed by atoms with Gasteiger partial charge in [0, 0.05) is 24.7 Å². The minimum atomic E-state index is -0.638. The summed E-state index contributed by atoms with van der Waals surface area (Å²) in [5.41, 5.74) is 5.99. The van der Waals surface area contributed by atoms with Crippen LogP contribution in [0.5, 0.6) is 0 Å². The van der Waals surface area contributed by atoms with Gasteiger partial charge in [-0.15, -0.1) is 0 Å². The van der Waals surface area contributed by atoms with Gasteiger partial charge in [0.15, 0.2) is 0 Å². The van der Waals surface area contributed by atoms with Crippen LogP contribution in [-0.2, 0) is 0 Å². The fraction of sp³-hybridized carbons (Fsp3) is 0.562. The Bertz CT molecular complexity index is 602. The van der Waals surface area contributed by atoms with E-state index in [9.17, 15) is 14.9 Å². The highest BCUT2D eigenvalue weighted by molar-refractivity contribution is 5.94. The number of primary amides is 1. The number of anilines is 1. The molecular weight excluding hydrogens is 282 g/mol. The molecule has 2 atom stereocenters. The molecule has 2 fully saturated rings. The number of nitrogens with two attached hydrogens (primary N) is 1. The Balaban J connectivity index is 1.87. The maximum atomic E-state index is 11.3. The first-order valence-electron chi connectivity index (χ1n) is 7.89. The smallest absolute Gasteiger partial charge is 0.293 e. The van der Waals surface area contributed by atoms with Crippen molar-refractivity contribution in [3.63, 3.8) is 0 Å². The number of nitro benzene ring substituents is 1. The number of hydrogen-bond donors (Lipinski definition) is 1. The van der Waals surface area contributed by atoms with Crippen LogP contribution < -0.4 is 10.6 Å². The lowest BCUT2D eigenvalue weighted by Crippen LogP contribution is -2.42. The third kappa shape index (κ3) is 2.77. The third-order valence-corrected chi connectivity index (χ3v) is 5.09. The maximum Gasteiger partial charge on any atom is 0.293 e. The van der Waals surface area contributed by atoms with E-state index in [0.29, 0.717) is 11.6 Å². The second kappa shape index (κ2) is 5.94. The van der Waals surface area contributed by atoms with E-state index < -0.39 is 10.8 Å². The van der Waals surface area contributed by atoms with Gasteiger partial charge < -0.3 is 10.6 Å². The van der Waals surface area contributed by atoms with Crippen molar-refractivity contribution in [1.82, 2.24) is 0 Å². The number of carbonyl (C=O) groups excluding carboxylic acids is 1. The topological polar surface area (TPSA) is 89.5 Å². The van der Waals surface area contributed by atoms with Gasteiger partial charge in [-0.1, -0.05) is 19.3 Å². The molecular formula is C16H21N3O3. The van der Waals surface area contributed by atoms with Gasteiger partial charge in [-0.25, -0.2) is 0 Å². The Labute approximate surface area is 129 Å². The first-order chi connectivity index (χ1) is 10.6. The molecule has 1 amide bonds. The average Bonchev–Trinajstić information content (AvgIpc) is 2.53. The van der Waals surface area contributed by atoms with Crippen molar-refractivity contribution in [3.05, 3.63) is 33.9 Å². The summed E-state index contributed by atoms with van der Waals surface area (Å²) in [5.74, 6) is 0.771. The van der Waals surface area contributed by atoms with Crippen LogP contribution in [0.15, 0.2) is 18.2 Å². The van der Waals surface area contributed by atoms with Gasteiger partial charge in [0.25, 0.3) is 5.69 Å². The van der Waals surface area contributed by atoms with Crippen LogP contribution in [0.1, 0.15) is 42.5 Å². The van der Waals surface area contributed by atoms with Crippen molar-refractivity contribution in [3.8, 4) is 0 Å². The number of carbonyl (C=O) groups is 1. The molecule has 22 heavy (non-hydrogen) atoms. The zero-order chi connectivity index (χ0) is 15.7. The van der Waals surface area contributed by atoms with Gasteiger partial charge in [-0.05, 0) is 36.8 Å². The molecule has 6 nitrogen and oxygen atoms in total. The van der Waals surface area contributed by atoms with Gasteiger partial charge in [-0.2, -0.15) is 0 Å². The Morgan fingerprint density at radius 2 is 1.95 bits per heavy atom. The molecule has 6 heteroatoms. The molecule has 2 aliphatic rings. The molecule has 118 valence electrons. The van der Waals surface area contributed by atoms with Gasteiger partial charge in [0.05, 0.1) is 4.92 Å². The lowest BCUT2D eigenvalue weighted by Gasteiger charge is -2.42. The largest absolute Gasteiger partial charge is 0.366 e. The van der Waals surface area contributed by atoms with E-state index in [2.05, 4.69) is 4.90 Å². The fourth-order valence-corrected chi connectivity index (χ4v) is 3.91. The molecule has 0 radical (unpaired) electrons. The number of amides is 1. The summed E-state index contributed by atoms with van der Waals surface area (Å²) in [7, 11) is 0. The molecule has 2 N–H and O–H groups in total. The summed E-state index contributed by atoms with van der Waals surface area (Å²) in [6.07, 6.45) is 6.18. The van der Waals surface area contributed by atoms with Gasteiger partial charge in [-0.3, -0.25) is 14.9 Å². The second-order valence-corrected chi connectivity index (χ2v) is 6.36. The molecule has 1 aliphatic carbocycles. The van der Waals surface area contributed by atoms with E-state index >= 15 is 0 Å². The highest BCUT2D eigenvalue weighted by Gasteiger charge is 2.33. The molecule has 1 heterocycles. The van der Waals surface area contributed by atoms with Crippen molar-refractivity contribution in [1.29, 1.82) is 0 Å². The summed E-state index contributed by atoms with van der Waals surface area (Å²) in [6.45, 7) is 1.72. The van der Waals surface area contributed by atoms with Crippen LogP contribution in [0.4, 0.5) is 11.4 Å². The third-order valence-electron chi connectivity index (χ3n) is 5.09. The highest BCUT2D eigenvalue weighted by Crippen LogP contribution is 2.39. The predicted octanol–water partition coefficient (Wildman–Crippen LogP) is 2.71. The normalized spacial score (nSPS) is 24.6. The van der Waals surface area contributed by atoms with E-state index in [1.165, 1.54) is 31.7 Å². The van der Waals surface area contributed by atoms with Crippen LogP contribution in [0, 0.1) is 22.0 Å². The molecule has 1 aromatic rings. The van der Waals surface area contributed by atoms with E-state index in [1.54, 1.807) is 12.1 Å². The Morgan fingerprint density at radius 3 is 2.64 bits per heavy atom. The SMILES string of the molecule is NC(=O)c1ccc(N2CC[C@@H]3CCCC[C@@H]3C2)c([N+](=O)[O-])c1. The van der Waals surface area contributed by atoms with Crippen molar-refractivity contribution in [2.75, 3.05) is 18.0 Å². The fourth-order valence-electron chi connectivity index (χ4n) is 3.91. The zero-order valence-electron chi connectivity index (χ0n) is 12.5. The number of fused-ring (bicyclic) bond motifs is 1. The lowest BCUT2D eigenvalue weighted by atomic mass is 9.75. The van der Waals surface area contributed by atoms with E-state index in [4.69, 9.17) is 5.73 Å². The number of piperidine rings is 1. The highest BCUT2D eigenvalue weighted by atomic mass is 16.6.